The van der Waals surface area contributed by atoms with E-state index in [1.807, 2.05) is 0 Å². The van der Waals surface area contributed by atoms with Crippen molar-refractivity contribution in [3.63, 3.8) is 0 Å². The van der Waals surface area contributed by atoms with Crippen LogP contribution < -0.4 is 5.32 Å². The lowest BCUT2D eigenvalue weighted by atomic mass is 9.99. The van der Waals surface area contributed by atoms with Gasteiger partial charge in [-0.25, -0.2) is 0 Å². The number of halogens is 3. The van der Waals surface area contributed by atoms with Crippen LogP contribution in [0, 0.1) is 10.1 Å². The van der Waals surface area contributed by atoms with E-state index in [4.69, 9.17) is 11.6 Å². The Morgan fingerprint density at radius 3 is 2.59 bits per heavy atom. The third kappa shape index (κ3) is 5.11. The highest BCUT2D eigenvalue weighted by Crippen LogP contribution is 2.34. The summed E-state index contributed by atoms with van der Waals surface area (Å²) in [6.07, 6.45) is 2.47. The lowest BCUT2D eigenvalue weighted by Gasteiger charge is -2.34. The van der Waals surface area contributed by atoms with Crippen molar-refractivity contribution >= 4 is 42.1 Å². The summed E-state index contributed by atoms with van der Waals surface area (Å²) in [5.74, 6) is 0. The van der Waals surface area contributed by atoms with Gasteiger partial charge in [0.25, 0.3) is 5.69 Å². The monoisotopic (exact) mass is 367 g/mol. The molecule has 0 radical (unpaired) electrons. The van der Waals surface area contributed by atoms with E-state index >= 15 is 0 Å². The zero-order valence-corrected chi connectivity index (χ0v) is 14.4. The van der Waals surface area contributed by atoms with E-state index in [2.05, 4.69) is 16.8 Å². The Labute approximate surface area is 147 Å². The Bertz CT molecular complexity index is 508. The van der Waals surface area contributed by atoms with Gasteiger partial charge in [0.1, 0.15) is 0 Å². The standard InChI is InChI=1S/C14H18ClN3O2.2ClH/c1-2-3-13(17-8-6-16-7-9-17)12-10-11(15)4-5-14(12)18(19)20;;/h2,4-5,10,13,16H,1,3,6-9H2;2*1H/t13-;;/m1../s1. The van der Waals surface area contributed by atoms with Crippen LogP contribution in [0.3, 0.4) is 0 Å². The molecular formula is C14H20Cl3N3O2. The molecule has 2 rings (SSSR count). The van der Waals surface area contributed by atoms with E-state index in [0.29, 0.717) is 17.0 Å². The van der Waals surface area contributed by atoms with E-state index in [9.17, 15) is 10.1 Å². The van der Waals surface area contributed by atoms with Crippen molar-refractivity contribution < 1.29 is 4.92 Å². The summed E-state index contributed by atoms with van der Waals surface area (Å²) in [7, 11) is 0. The summed E-state index contributed by atoms with van der Waals surface area (Å²) >= 11 is 6.03. The van der Waals surface area contributed by atoms with E-state index in [-0.39, 0.29) is 41.5 Å². The number of rotatable bonds is 5. The van der Waals surface area contributed by atoms with E-state index in [1.54, 1.807) is 18.2 Å². The minimum atomic E-state index is -0.343. The first-order chi connectivity index (χ1) is 9.63. The van der Waals surface area contributed by atoms with Gasteiger partial charge in [-0.15, -0.1) is 31.4 Å². The molecule has 22 heavy (non-hydrogen) atoms. The van der Waals surface area contributed by atoms with Crippen LogP contribution in [-0.4, -0.2) is 36.0 Å². The van der Waals surface area contributed by atoms with Crippen LogP contribution in [-0.2, 0) is 0 Å². The van der Waals surface area contributed by atoms with Crippen LogP contribution >= 0.6 is 36.4 Å². The van der Waals surface area contributed by atoms with Crippen LogP contribution in [0.5, 0.6) is 0 Å². The number of nitro groups is 1. The molecular weight excluding hydrogens is 349 g/mol. The van der Waals surface area contributed by atoms with Gasteiger partial charge in [0.05, 0.1) is 4.92 Å². The zero-order valence-electron chi connectivity index (χ0n) is 12.0. The van der Waals surface area contributed by atoms with E-state index < -0.39 is 0 Å². The van der Waals surface area contributed by atoms with Crippen molar-refractivity contribution in [2.24, 2.45) is 0 Å². The highest BCUT2D eigenvalue weighted by Gasteiger charge is 2.27. The van der Waals surface area contributed by atoms with Crippen molar-refractivity contribution in [3.8, 4) is 0 Å². The molecule has 1 fully saturated rings. The second kappa shape index (κ2) is 10.0. The first-order valence-electron chi connectivity index (χ1n) is 6.63. The van der Waals surface area contributed by atoms with Crippen LogP contribution in [0.1, 0.15) is 18.0 Å². The first-order valence-corrected chi connectivity index (χ1v) is 7.00. The number of hydrogen-bond acceptors (Lipinski definition) is 4. The summed E-state index contributed by atoms with van der Waals surface area (Å²) in [6.45, 7) is 7.28. The molecule has 0 bridgehead atoms. The molecule has 1 atom stereocenters. The smallest absolute Gasteiger partial charge is 0.274 e. The van der Waals surface area contributed by atoms with E-state index in [0.717, 1.165) is 26.2 Å². The molecule has 0 aromatic heterocycles. The number of nitrogens with one attached hydrogen (secondary N) is 1. The number of piperazine rings is 1. The van der Waals surface area contributed by atoms with Gasteiger partial charge in [0.2, 0.25) is 0 Å². The number of hydrogen-bond donors (Lipinski definition) is 1. The molecule has 0 unspecified atom stereocenters. The molecule has 1 N–H and O–H groups in total. The predicted octanol–water partition coefficient (Wildman–Crippen LogP) is 3.61. The molecule has 1 saturated heterocycles. The molecule has 1 aliphatic heterocycles. The second-order valence-electron chi connectivity index (χ2n) is 4.79. The van der Waals surface area contributed by atoms with Crippen molar-refractivity contribution in [3.05, 3.63) is 51.6 Å². The predicted molar refractivity (Wildman–Crippen MR) is 94.6 cm³/mol. The van der Waals surface area contributed by atoms with Crippen LogP contribution in [0.2, 0.25) is 5.02 Å². The Morgan fingerprint density at radius 2 is 2.05 bits per heavy atom. The van der Waals surface area contributed by atoms with Gasteiger partial charge >= 0.3 is 0 Å². The van der Waals surface area contributed by atoms with Gasteiger partial charge in [-0.1, -0.05) is 17.7 Å². The Hall–Kier alpha value is -0.850. The molecule has 8 heteroatoms. The quantitative estimate of drug-likeness (QED) is 0.490. The minimum absolute atomic E-state index is 0. The van der Waals surface area contributed by atoms with Crippen LogP contribution in [0.15, 0.2) is 30.9 Å². The molecule has 0 saturated carbocycles. The molecule has 0 spiro atoms. The maximum Gasteiger partial charge on any atom is 0.274 e. The fraction of sp³-hybridized carbons (Fsp3) is 0.429. The SMILES string of the molecule is C=CC[C@H](c1cc(Cl)ccc1[N+](=O)[O-])N1CCNCC1.Cl.Cl. The number of nitro benzene ring substituents is 1. The third-order valence-electron chi connectivity index (χ3n) is 3.53. The lowest BCUT2D eigenvalue weighted by Crippen LogP contribution is -2.45. The van der Waals surface area contributed by atoms with Crippen molar-refractivity contribution in [2.45, 2.75) is 12.5 Å². The summed E-state index contributed by atoms with van der Waals surface area (Å²) in [5, 5.41) is 15.0. The zero-order chi connectivity index (χ0) is 14.5. The Balaban J connectivity index is 0.00000220. The fourth-order valence-electron chi connectivity index (χ4n) is 2.58. The molecule has 1 aliphatic rings. The summed E-state index contributed by atoms with van der Waals surface area (Å²) in [6, 6.07) is 4.70. The van der Waals surface area contributed by atoms with Gasteiger partial charge < -0.3 is 5.32 Å². The fourth-order valence-corrected chi connectivity index (χ4v) is 2.76. The average Bonchev–Trinajstić information content (AvgIpc) is 2.45. The normalized spacial score (nSPS) is 16.0. The van der Waals surface area contributed by atoms with Gasteiger partial charge in [0, 0.05) is 48.9 Å². The maximum absolute atomic E-state index is 11.2. The van der Waals surface area contributed by atoms with Crippen molar-refractivity contribution in [2.75, 3.05) is 26.2 Å². The molecule has 5 nitrogen and oxygen atoms in total. The third-order valence-corrected chi connectivity index (χ3v) is 3.76. The molecule has 124 valence electrons. The molecule has 1 aromatic carbocycles. The average molecular weight is 369 g/mol. The summed E-state index contributed by atoms with van der Waals surface area (Å²) in [4.78, 5) is 13.1. The Kier molecular flexibility index (Phi) is 9.64. The highest BCUT2D eigenvalue weighted by atomic mass is 35.5. The van der Waals surface area contributed by atoms with Crippen molar-refractivity contribution in [1.29, 1.82) is 0 Å². The van der Waals surface area contributed by atoms with E-state index in [1.165, 1.54) is 6.07 Å². The van der Waals surface area contributed by atoms with Crippen LogP contribution in [0.25, 0.3) is 0 Å². The van der Waals surface area contributed by atoms with Crippen molar-refractivity contribution in [1.82, 2.24) is 10.2 Å². The number of benzene rings is 1. The minimum Gasteiger partial charge on any atom is -0.314 e. The topological polar surface area (TPSA) is 58.4 Å². The molecule has 0 amide bonds. The number of nitrogens with zero attached hydrogens (tertiary/aromatic N) is 2. The summed E-state index contributed by atoms with van der Waals surface area (Å²) < 4.78 is 0. The summed E-state index contributed by atoms with van der Waals surface area (Å²) in [5.41, 5.74) is 0.795. The lowest BCUT2D eigenvalue weighted by molar-refractivity contribution is -0.386. The highest BCUT2D eigenvalue weighted by molar-refractivity contribution is 6.30. The molecule has 0 aliphatic carbocycles. The Morgan fingerprint density at radius 1 is 1.41 bits per heavy atom. The molecule has 1 aromatic rings. The largest absolute Gasteiger partial charge is 0.314 e. The van der Waals surface area contributed by atoms with Gasteiger partial charge in [0.15, 0.2) is 0 Å². The van der Waals surface area contributed by atoms with Crippen LogP contribution in [0.4, 0.5) is 5.69 Å². The van der Waals surface area contributed by atoms with Gasteiger partial charge in [-0.05, 0) is 18.6 Å². The van der Waals surface area contributed by atoms with Gasteiger partial charge in [-0.2, -0.15) is 0 Å². The maximum atomic E-state index is 11.2. The molecule has 1 heterocycles. The first kappa shape index (κ1) is 21.1. The second-order valence-corrected chi connectivity index (χ2v) is 5.22. The van der Waals surface area contributed by atoms with Gasteiger partial charge in [-0.3, -0.25) is 15.0 Å².